The summed E-state index contributed by atoms with van der Waals surface area (Å²) in [5.74, 6) is 1.60. The Kier molecular flexibility index (Phi) is 3.78. The first kappa shape index (κ1) is 11.3. The average Bonchev–Trinajstić information content (AvgIpc) is 3.00. The number of rotatable bonds is 3. The molecule has 2 N–H and O–H groups in total. The monoisotopic (exact) mass is 213 g/mol. The molecule has 0 spiro atoms. The largest absolute Gasteiger partial charge is 0.496 e. The van der Waals surface area contributed by atoms with Gasteiger partial charge in [-0.3, -0.25) is 0 Å². The van der Waals surface area contributed by atoms with Gasteiger partial charge in [0.15, 0.2) is 0 Å². The summed E-state index contributed by atoms with van der Waals surface area (Å²) in [5, 5.41) is 0. The number of benzene rings is 1. The quantitative estimate of drug-likeness (QED) is 0.838. The van der Waals surface area contributed by atoms with E-state index in [1.165, 1.54) is 12.8 Å². The van der Waals surface area contributed by atoms with Crippen molar-refractivity contribution in [1.82, 2.24) is 0 Å². The summed E-state index contributed by atoms with van der Waals surface area (Å²) in [6.07, 6.45) is 2.53. The standard InChI is InChI=1S/C11H15NO.ClH/c1-13-10-5-3-2-4-9(10)11(12)8-6-7-8;/h2-5,8,11H,6-7,12H2,1H3;1H/t11-;/m1./s1. The molecule has 3 heteroatoms. The highest BCUT2D eigenvalue weighted by atomic mass is 35.5. The van der Waals surface area contributed by atoms with Crippen molar-refractivity contribution in [2.75, 3.05) is 7.11 Å². The maximum Gasteiger partial charge on any atom is 0.123 e. The molecule has 1 aromatic carbocycles. The van der Waals surface area contributed by atoms with Gasteiger partial charge < -0.3 is 10.5 Å². The zero-order valence-electron chi connectivity index (χ0n) is 8.27. The molecule has 0 bridgehead atoms. The van der Waals surface area contributed by atoms with Gasteiger partial charge in [0.2, 0.25) is 0 Å². The van der Waals surface area contributed by atoms with E-state index in [0.717, 1.165) is 11.3 Å². The molecule has 0 amide bonds. The fourth-order valence-electron chi connectivity index (χ4n) is 1.65. The van der Waals surface area contributed by atoms with Gasteiger partial charge in [-0.2, -0.15) is 0 Å². The molecular formula is C11H16ClNO. The number of methoxy groups -OCH3 is 1. The summed E-state index contributed by atoms with van der Waals surface area (Å²) < 4.78 is 5.26. The first-order valence-corrected chi connectivity index (χ1v) is 4.71. The van der Waals surface area contributed by atoms with Gasteiger partial charge in [-0.25, -0.2) is 0 Å². The van der Waals surface area contributed by atoms with Crippen LogP contribution >= 0.6 is 12.4 Å². The fraction of sp³-hybridized carbons (Fsp3) is 0.455. The van der Waals surface area contributed by atoms with Crippen molar-refractivity contribution in [1.29, 1.82) is 0 Å². The molecule has 0 aliphatic heterocycles. The molecule has 2 rings (SSSR count). The third kappa shape index (κ3) is 2.20. The van der Waals surface area contributed by atoms with Gasteiger partial charge in [0, 0.05) is 11.6 Å². The smallest absolute Gasteiger partial charge is 0.123 e. The molecule has 0 heterocycles. The van der Waals surface area contributed by atoms with E-state index < -0.39 is 0 Å². The van der Waals surface area contributed by atoms with Crippen molar-refractivity contribution >= 4 is 12.4 Å². The first-order chi connectivity index (χ1) is 6.33. The number of nitrogens with two attached hydrogens (primary N) is 1. The molecular weight excluding hydrogens is 198 g/mol. The summed E-state index contributed by atoms with van der Waals surface area (Å²) in [6.45, 7) is 0. The summed E-state index contributed by atoms with van der Waals surface area (Å²) in [4.78, 5) is 0. The van der Waals surface area contributed by atoms with Crippen molar-refractivity contribution in [2.45, 2.75) is 18.9 Å². The second kappa shape index (κ2) is 4.67. The Morgan fingerprint density at radius 2 is 2.00 bits per heavy atom. The van der Waals surface area contributed by atoms with Crippen LogP contribution in [0.3, 0.4) is 0 Å². The number of ether oxygens (including phenoxy) is 1. The van der Waals surface area contributed by atoms with Gasteiger partial charge in [-0.05, 0) is 24.8 Å². The van der Waals surface area contributed by atoms with Gasteiger partial charge >= 0.3 is 0 Å². The van der Waals surface area contributed by atoms with Crippen LogP contribution < -0.4 is 10.5 Å². The number of hydrogen-bond donors (Lipinski definition) is 1. The zero-order valence-corrected chi connectivity index (χ0v) is 9.09. The van der Waals surface area contributed by atoms with Gasteiger partial charge in [-0.1, -0.05) is 18.2 Å². The van der Waals surface area contributed by atoms with Crippen LogP contribution in [0.25, 0.3) is 0 Å². The van der Waals surface area contributed by atoms with E-state index in [1.807, 2.05) is 18.2 Å². The van der Waals surface area contributed by atoms with Crippen LogP contribution in [-0.4, -0.2) is 7.11 Å². The van der Waals surface area contributed by atoms with Crippen LogP contribution in [0, 0.1) is 5.92 Å². The van der Waals surface area contributed by atoms with Crippen molar-refractivity contribution in [3.63, 3.8) is 0 Å². The fourth-order valence-corrected chi connectivity index (χ4v) is 1.65. The summed E-state index contributed by atoms with van der Waals surface area (Å²) in [5.41, 5.74) is 7.24. The van der Waals surface area contributed by atoms with Crippen LogP contribution in [0.1, 0.15) is 24.4 Å². The Labute approximate surface area is 90.9 Å². The van der Waals surface area contributed by atoms with Crippen LogP contribution in [0.2, 0.25) is 0 Å². The maximum atomic E-state index is 6.10. The summed E-state index contributed by atoms with van der Waals surface area (Å²) in [7, 11) is 1.69. The Balaban J connectivity index is 0.000000980. The lowest BCUT2D eigenvalue weighted by atomic mass is 10.0. The molecule has 1 fully saturated rings. The van der Waals surface area contributed by atoms with Gasteiger partial charge in [0.1, 0.15) is 5.75 Å². The molecule has 0 unspecified atom stereocenters. The topological polar surface area (TPSA) is 35.2 Å². The highest BCUT2D eigenvalue weighted by Crippen LogP contribution is 2.41. The zero-order chi connectivity index (χ0) is 9.26. The minimum absolute atomic E-state index is 0. The Hall–Kier alpha value is -0.730. The third-order valence-electron chi connectivity index (χ3n) is 2.63. The molecule has 1 aromatic rings. The molecule has 0 aromatic heterocycles. The van der Waals surface area contributed by atoms with Crippen LogP contribution in [-0.2, 0) is 0 Å². The lowest BCUT2D eigenvalue weighted by molar-refractivity contribution is 0.403. The average molecular weight is 214 g/mol. The highest BCUT2D eigenvalue weighted by molar-refractivity contribution is 5.85. The van der Waals surface area contributed by atoms with E-state index in [-0.39, 0.29) is 18.4 Å². The van der Waals surface area contributed by atoms with E-state index >= 15 is 0 Å². The van der Waals surface area contributed by atoms with E-state index in [0.29, 0.717) is 5.92 Å². The Morgan fingerprint density at radius 1 is 1.36 bits per heavy atom. The van der Waals surface area contributed by atoms with Crippen molar-refractivity contribution in [3.05, 3.63) is 29.8 Å². The number of halogens is 1. The molecule has 14 heavy (non-hydrogen) atoms. The predicted octanol–water partition coefficient (Wildman–Crippen LogP) is 2.53. The van der Waals surface area contributed by atoms with Crippen molar-refractivity contribution < 1.29 is 4.74 Å². The third-order valence-corrected chi connectivity index (χ3v) is 2.63. The Morgan fingerprint density at radius 3 is 2.57 bits per heavy atom. The number of hydrogen-bond acceptors (Lipinski definition) is 2. The maximum absolute atomic E-state index is 6.10. The first-order valence-electron chi connectivity index (χ1n) is 4.71. The highest BCUT2D eigenvalue weighted by Gasteiger charge is 2.30. The van der Waals surface area contributed by atoms with E-state index in [1.54, 1.807) is 7.11 Å². The van der Waals surface area contributed by atoms with E-state index in [2.05, 4.69) is 6.07 Å². The lowest BCUT2D eigenvalue weighted by Gasteiger charge is -2.14. The predicted molar refractivity (Wildman–Crippen MR) is 59.9 cm³/mol. The normalized spacial score (nSPS) is 17.0. The van der Waals surface area contributed by atoms with E-state index in [4.69, 9.17) is 10.5 Å². The molecule has 2 nitrogen and oxygen atoms in total. The van der Waals surface area contributed by atoms with E-state index in [9.17, 15) is 0 Å². The lowest BCUT2D eigenvalue weighted by Crippen LogP contribution is -2.13. The summed E-state index contributed by atoms with van der Waals surface area (Å²) >= 11 is 0. The van der Waals surface area contributed by atoms with Crippen molar-refractivity contribution in [2.24, 2.45) is 11.7 Å². The summed E-state index contributed by atoms with van der Waals surface area (Å²) in [6, 6.07) is 8.18. The molecule has 1 saturated carbocycles. The minimum Gasteiger partial charge on any atom is -0.496 e. The van der Waals surface area contributed by atoms with Crippen LogP contribution in [0.15, 0.2) is 24.3 Å². The second-order valence-electron chi connectivity index (χ2n) is 3.61. The molecule has 1 aliphatic carbocycles. The second-order valence-corrected chi connectivity index (χ2v) is 3.61. The van der Waals surface area contributed by atoms with Crippen molar-refractivity contribution in [3.8, 4) is 5.75 Å². The van der Waals surface area contributed by atoms with Gasteiger partial charge in [0.25, 0.3) is 0 Å². The SMILES string of the molecule is COc1ccccc1[C@H](N)C1CC1.Cl. The van der Waals surface area contributed by atoms with Gasteiger partial charge in [0.05, 0.1) is 7.11 Å². The van der Waals surface area contributed by atoms with Crippen LogP contribution in [0.4, 0.5) is 0 Å². The molecule has 1 aliphatic rings. The van der Waals surface area contributed by atoms with Gasteiger partial charge in [-0.15, -0.1) is 12.4 Å². The number of para-hydroxylation sites is 1. The minimum atomic E-state index is 0. The molecule has 78 valence electrons. The van der Waals surface area contributed by atoms with Crippen LogP contribution in [0.5, 0.6) is 5.75 Å². The molecule has 0 radical (unpaired) electrons. The Bertz CT molecular complexity index is 299. The molecule has 1 atom stereocenters. The molecule has 0 saturated heterocycles.